The molecule has 4 fully saturated rings. The second-order valence-electron chi connectivity index (χ2n) is 4.66. The van der Waals surface area contributed by atoms with Crippen LogP contribution in [0.4, 0.5) is 0 Å². The van der Waals surface area contributed by atoms with Gasteiger partial charge in [0.25, 0.3) is 0 Å². The van der Waals surface area contributed by atoms with Crippen LogP contribution in [0, 0.1) is 22.7 Å². The fourth-order valence-corrected chi connectivity index (χ4v) is 4.47. The van der Waals surface area contributed by atoms with Gasteiger partial charge < -0.3 is 5.73 Å². The molecule has 4 aliphatic rings. The van der Waals surface area contributed by atoms with Gasteiger partial charge in [0, 0.05) is 6.04 Å². The van der Waals surface area contributed by atoms with Crippen molar-refractivity contribution in [2.75, 3.05) is 0 Å². The van der Waals surface area contributed by atoms with Crippen LogP contribution in [0.3, 0.4) is 0 Å². The lowest BCUT2D eigenvalue weighted by Gasteiger charge is -2.30. The van der Waals surface area contributed by atoms with Crippen molar-refractivity contribution in [2.24, 2.45) is 28.4 Å². The number of hydrogen-bond acceptors (Lipinski definition) is 1. The Balaban J connectivity index is 1.98. The predicted octanol–water partition coefficient (Wildman–Crippen LogP) is 0.744. The Morgan fingerprint density at radius 3 is 2.78 bits per heavy atom. The van der Waals surface area contributed by atoms with E-state index in [1.807, 2.05) is 0 Å². The molecule has 2 N–H and O–H groups in total. The predicted molar refractivity (Wildman–Crippen MR) is 33.7 cm³/mol. The summed E-state index contributed by atoms with van der Waals surface area (Å²) < 4.78 is 0. The lowest BCUT2D eigenvalue weighted by atomic mass is 9.74. The van der Waals surface area contributed by atoms with Crippen molar-refractivity contribution in [2.45, 2.75) is 25.3 Å². The van der Waals surface area contributed by atoms with Crippen LogP contribution in [-0.4, -0.2) is 6.04 Å². The lowest BCUT2D eigenvalue weighted by Crippen LogP contribution is -2.28. The van der Waals surface area contributed by atoms with Gasteiger partial charge in [0.05, 0.1) is 0 Å². The highest BCUT2D eigenvalue weighted by Gasteiger charge is 3.01. The molecule has 0 heterocycles. The minimum absolute atomic E-state index is 0.626. The van der Waals surface area contributed by atoms with Gasteiger partial charge >= 0.3 is 0 Å². The Bertz CT molecular complexity index is 221. The Morgan fingerprint density at radius 1 is 1.44 bits per heavy atom. The van der Waals surface area contributed by atoms with Crippen LogP contribution in [-0.2, 0) is 0 Å². The van der Waals surface area contributed by atoms with E-state index in [0.29, 0.717) is 6.04 Å². The van der Waals surface area contributed by atoms with Crippen molar-refractivity contribution in [1.82, 2.24) is 0 Å². The molecule has 0 aromatic rings. The van der Waals surface area contributed by atoms with Crippen LogP contribution in [0.1, 0.15) is 19.3 Å². The standard InChI is InChI=1S/C8H11N/c9-5-1-4-2-7-3-8(5,7)6(4)7/h4-6H,1-3,9H2/t4?,5-,6?,7?,8?/m1/s1. The van der Waals surface area contributed by atoms with Gasteiger partial charge in [0.15, 0.2) is 0 Å². The zero-order valence-electron chi connectivity index (χ0n) is 5.43. The SMILES string of the molecule is N[C@@H]1CC2CC34CC13C24. The Morgan fingerprint density at radius 2 is 2.33 bits per heavy atom. The molecule has 0 radical (unpaired) electrons. The third-order valence-electron chi connectivity index (χ3n) is 4.79. The van der Waals surface area contributed by atoms with E-state index < -0.39 is 0 Å². The normalized spacial score (nSPS) is 87.0. The fourth-order valence-electron chi connectivity index (χ4n) is 4.47. The third kappa shape index (κ3) is 0.161. The fraction of sp³-hybridized carbons (Fsp3) is 1.00. The summed E-state index contributed by atoms with van der Waals surface area (Å²) in [6, 6.07) is 0.626. The monoisotopic (exact) mass is 121 g/mol. The summed E-state index contributed by atoms with van der Waals surface area (Å²) in [6.45, 7) is 0. The first kappa shape index (κ1) is 3.97. The van der Waals surface area contributed by atoms with Gasteiger partial charge in [-0.2, -0.15) is 0 Å². The maximum atomic E-state index is 6.01. The van der Waals surface area contributed by atoms with Gasteiger partial charge in [0.2, 0.25) is 0 Å². The highest BCUT2D eigenvalue weighted by atomic mass is 15.1. The molecular formula is C8H11N. The van der Waals surface area contributed by atoms with Crippen molar-refractivity contribution in [3.05, 3.63) is 0 Å². The molecule has 1 nitrogen and oxygen atoms in total. The van der Waals surface area contributed by atoms with Gasteiger partial charge in [-0.15, -0.1) is 0 Å². The van der Waals surface area contributed by atoms with Crippen molar-refractivity contribution in [3.8, 4) is 0 Å². The van der Waals surface area contributed by atoms with Gasteiger partial charge in [-0.05, 0) is 41.9 Å². The van der Waals surface area contributed by atoms with E-state index in [-0.39, 0.29) is 0 Å². The Labute approximate surface area is 54.6 Å². The molecule has 0 saturated heterocycles. The average Bonchev–Trinajstić information content (AvgIpc) is 2.46. The summed E-state index contributed by atoms with van der Waals surface area (Å²) in [6.07, 6.45) is 4.44. The Kier molecular flexibility index (Phi) is 0.296. The van der Waals surface area contributed by atoms with Gasteiger partial charge in [0.1, 0.15) is 0 Å². The van der Waals surface area contributed by atoms with Gasteiger partial charge in [-0.25, -0.2) is 0 Å². The highest BCUT2D eigenvalue weighted by Crippen LogP contribution is 3.04. The van der Waals surface area contributed by atoms with Gasteiger partial charge in [-0.1, -0.05) is 0 Å². The molecule has 0 amide bonds. The second-order valence-corrected chi connectivity index (χ2v) is 4.66. The molecule has 4 rings (SSSR count). The molecule has 9 heavy (non-hydrogen) atoms. The highest BCUT2D eigenvalue weighted by molar-refractivity contribution is 5.49. The maximum Gasteiger partial charge on any atom is 0.0107 e. The Hall–Kier alpha value is -0.0400. The molecule has 1 heteroatoms. The van der Waals surface area contributed by atoms with Crippen molar-refractivity contribution in [1.29, 1.82) is 0 Å². The van der Waals surface area contributed by atoms with Crippen LogP contribution < -0.4 is 5.73 Å². The molecular weight excluding hydrogens is 110 g/mol. The van der Waals surface area contributed by atoms with Crippen molar-refractivity contribution in [3.63, 3.8) is 0 Å². The summed E-state index contributed by atoms with van der Waals surface area (Å²) in [5.74, 6) is 2.24. The zero-order valence-corrected chi connectivity index (χ0v) is 5.43. The largest absolute Gasteiger partial charge is 0.327 e. The molecule has 4 unspecified atom stereocenters. The quantitative estimate of drug-likeness (QED) is 0.502. The first-order valence-electron chi connectivity index (χ1n) is 4.07. The summed E-state index contributed by atoms with van der Waals surface area (Å²) in [4.78, 5) is 0. The van der Waals surface area contributed by atoms with Crippen LogP contribution in [0.2, 0.25) is 0 Å². The van der Waals surface area contributed by atoms with E-state index in [4.69, 9.17) is 5.73 Å². The maximum absolute atomic E-state index is 6.01. The van der Waals surface area contributed by atoms with Crippen molar-refractivity contribution < 1.29 is 0 Å². The topological polar surface area (TPSA) is 26.0 Å². The molecule has 48 valence electrons. The molecule has 0 aromatic carbocycles. The van der Waals surface area contributed by atoms with E-state index in [1.165, 1.54) is 12.8 Å². The van der Waals surface area contributed by atoms with E-state index >= 15 is 0 Å². The lowest BCUT2D eigenvalue weighted by molar-refractivity contribution is 0.187. The number of rotatable bonds is 0. The third-order valence-corrected chi connectivity index (χ3v) is 4.79. The van der Waals surface area contributed by atoms with Crippen LogP contribution in [0.5, 0.6) is 0 Å². The zero-order chi connectivity index (χ0) is 5.85. The summed E-state index contributed by atoms with van der Waals surface area (Å²) in [5, 5.41) is 0. The smallest absolute Gasteiger partial charge is 0.0107 e. The number of nitrogens with two attached hydrogens (primary N) is 1. The van der Waals surface area contributed by atoms with E-state index in [9.17, 15) is 0 Å². The van der Waals surface area contributed by atoms with E-state index in [0.717, 1.165) is 22.7 Å². The van der Waals surface area contributed by atoms with Gasteiger partial charge in [-0.3, -0.25) is 0 Å². The summed E-state index contributed by atoms with van der Waals surface area (Å²) in [7, 11) is 0. The van der Waals surface area contributed by atoms with Crippen LogP contribution >= 0.6 is 0 Å². The molecule has 0 aromatic heterocycles. The van der Waals surface area contributed by atoms with Crippen molar-refractivity contribution >= 4 is 0 Å². The van der Waals surface area contributed by atoms with Crippen LogP contribution in [0.15, 0.2) is 0 Å². The molecule has 0 aliphatic heterocycles. The molecule has 2 spiro atoms. The number of hydrogen-bond donors (Lipinski definition) is 1. The summed E-state index contributed by atoms with van der Waals surface area (Å²) in [5.41, 5.74) is 7.69. The van der Waals surface area contributed by atoms with Crippen LogP contribution in [0.25, 0.3) is 0 Å². The minimum Gasteiger partial charge on any atom is -0.327 e. The second kappa shape index (κ2) is 0.672. The molecule has 4 aliphatic carbocycles. The average molecular weight is 121 g/mol. The van der Waals surface area contributed by atoms with E-state index in [1.54, 1.807) is 6.42 Å². The first-order chi connectivity index (χ1) is 4.31. The summed E-state index contributed by atoms with van der Waals surface area (Å²) >= 11 is 0. The minimum atomic E-state index is 0.626. The first-order valence-corrected chi connectivity index (χ1v) is 4.07. The molecule has 0 bridgehead atoms. The molecule has 4 saturated carbocycles. The molecule has 5 atom stereocenters. The van der Waals surface area contributed by atoms with E-state index in [2.05, 4.69) is 0 Å².